The van der Waals surface area contributed by atoms with Crippen LogP contribution in [0.4, 0.5) is 30.5 Å². The maximum Gasteiger partial charge on any atom is 0.417 e. The normalized spacial score (nSPS) is 15.1. The van der Waals surface area contributed by atoms with Gasteiger partial charge in [0.15, 0.2) is 0 Å². The molecule has 1 aliphatic rings. The summed E-state index contributed by atoms with van der Waals surface area (Å²) < 4.78 is 38.0. The first-order chi connectivity index (χ1) is 13.3. The molecule has 1 saturated heterocycles. The number of pyridine rings is 2. The second-order valence-electron chi connectivity index (χ2n) is 6.14. The second-order valence-corrected chi connectivity index (χ2v) is 6.14. The molecule has 0 spiro atoms. The van der Waals surface area contributed by atoms with Crippen molar-refractivity contribution < 1.29 is 18.1 Å². The van der Waals surface area contributed by atoms with Crippen molar-refractivity contribution in [3.8, 4) is 6.07 Å². The summed E-state index contributed by atoms with van der Waals surface area (Å²) in [5.41, 5.74) is -1.41. The number of nitriles is 1. The average Bonchev–Trinajstić information content (AvgIpc) is 2.93. The van der Waals surface area contributed by atoms with Gasteiger partial charge in [-0.1, -0.05) is 0 Å². The van der Waals surface area contributed by atoms with Crippen molar-refractivity contribution in [2.75, 3.05) is 36.0 Å². The van der Waals surface area contributed by atoms with E-state index in [0.29, 0.717) is 44.2 Å². The summed E-state index contributed by atoms with van der Waals surface area (Å²) in [6, 6.07) is 6.82. The number of halogens is 3. The third kappa shape index (κ3) is 4.11. The number of anilines is 2. The van der Waals surface area contributed by atoms with Crippen molar-refractivity contribution in [1.29, 1.82) is 5.26 Å². The van der Waals surface area contributed by atoms with Gasteiger partial charge in [-0.2, -0.15) is 18.4 Å². The highest BCUT2D eigenvalue weighted by molar-refractivity contribution is 5.52. The van der Waals surface area contributed by atoms with Gasteiger partial charge in [0, 0.05) is 38.4 Å². The Bertz CT molecular complexity index is 911. The summed E-state index contributed by atoms with van der Waals surface area (Å²) in [4.78, 5) is 22.0. The number of nitro groups is 1. The molecule has 3 rings (SSSR count). The van der Waals surface area contributed by atoms with Crippen molar-refractivity contribution in [3.63, 3.8) is 0 Å². The van der Waals surface area contributed by atoms with Crippen molar-refractivity contribution in [1.82, 2.24) is 9.97 Å². The van der Waals surface area contributed by atoms with Gasteiger partial charge in [-0.15, -0.1) is 0 Å². The van der Waals surface area contributed by atoms with E-state index in [9.17, 15) is 23.3 Å². The van der Waals surface area contributed by atoms with Crippen LogP contribution in [0.5, 0.6) is 0 Å². The minimum atomic E-state index is -4.43. The number of aromatic nitrogens is 2. The molecule has 0 atom stereocenters. The Balaban J connectivity index is 1.73. The smallest absolute Gasteiger partial charge is 0.355 e. The third-order valence-corrected chi connectivity index (χ3v) is 4.38. The van der Waals surface area contributed by atoms with Crippen molar-refractivity contribution >= 4 is 17.3 Å². The molecule has 3 heterocycles. The fourth-order valence-electron chi connectivity index (χ4n) is 2.96. The molecule has 1 aliphatic heterocycles. The van der Waals surface area contributed by atoms with Gasteiger partial charge in [-0.25, -0.2) is 9.97 Å². The first-order valence-corrected chi connectivity index (χ1v) is 8.38. The fourth-order valence-corrected chi connectivity index (χ4v) is 2.96. The molecule has 0 aromatic carbocycles. The van der Waals surface area contributed by atoms with Gasteiger partial charge in [-0.3, -0.25) is 10.1 Å². The molecule has 0 aliphatic carbocycles. The van der Waals surface area contributed by atoms with Gasteiger partial charge in [0.2, 0.25) is 5.69 Å². The van der Waals surface area contributed by atoms with Crippen LogP contribution in [0.25, 0.3) is 0 Å². The highest BCUT2D eigenvalue weighted by Gasteiger charge is 2.31. The van der Waals surface area contributed by atoms with Crippen molar-refractivity contribution in [3.05, 3.63) is 51.8 Å². The van der Waals surface area contributed by atoms with Gasteiger partial charge in [0.05, 0.1) is 10.5 Å². The maximum absolute atomic E-state index is 12.7. The molecule has 8 nitrogen and oxygen atoms in total. The summed E-state index contributed by atoms with van der Waals surface area (Å²) in [7, 11) is 0. The zero-order valence-corrected chi connectivity index (χ0v) is 14.6. The predicted molar refractivity (Wildman–Crippen MR) is 93.9 cm³/mol. The molecule has 0 N–H and O–H groups in total. The summed E-state index contributed by atoms with van der Waals surface area (Å²) in [5.74, 6) is 0.897. The summed E-state index contributed by atoms with van der Waals surface area (Å²) in [6.45, 7) is 2.15. The van der Waals surface area contributed by atoms with Crippen LogP contribution < -0.4 is 9.80 Å². The number of nitrogens with zero attached hydrogens (tertiary/aromatic N) is 6. The number of hydrogen-bond donors (Lipinski definition) is 0. The molecule has 2 aromatic heterocycles. The molecule has 0 bridgehead atoms. The van der Waals surface area contributed by atoms with E-state index in [2.05, 4.69) is 9.97 Å². The zero-order valence-electron chi connectivity index (χ0n) is 14.6. The van der Waals surface area contributed by atoms with Crippen LogP contribution in [-0.2, 0) is 6.18 Å². The van der Waals surface area contributed by atoms with Crippen molar-refractivity contribution in [2.45, 2.75) is 12.6 Å². The van der Waals surface area contributed by atoms with Crippen LogP contribution in [-0.4, -0.2) is 41.1 Å². The Kier molecular flexibility index (Phi) is 5.30. The van der Waals surface area contributed by atoms with E-state index in [0.717, 1.165) is 12.3 Å². The molecule has 2 aromatic rings. The lowest BCUT2D eigenvalue weighted by Crippen LogP contribution is -2.31. The minimum Gasteiger partial charge on any atom is -0.355 e. The van der Waals surface area contributed by atoms with Crippen LogP contribution in [0.1, 0.15) is 17.7 Å². The van der Waals surface area contributed by atoms with Crippen LogP contribution in [0.3, 0.4) is 0 Å². The van der Waals surface area contributed by atoms with E-state index in [-0.39, 0.29) is 11.4 Å². The van der Waals surface area contributed by atoms with Gasteiger partial charge >= 0.3 is 11.9 Å². The standard InChI is InChI=1S/C17H15F3N6O2/c18-17(19,20)12-2-4-15(22-11-12)24-6-1-7-25(9-8-24)16-5-3-14(26(27)28)13(10-21)23-16/h2-5,11H,1,6-9H2. The Morgan fingerprint density at radius 2 is 1.71 bits per heavy atom. The molecule has 0 amide bonds. The maximum atomic E-state index is 12.7. The lowest BCUT2D eigenvalue weighted by molar-refractivity contribution is -0.385. The largest absolute Gasteiger partial charge is 0.417 e. The average molecular weight is 392 g/mol. The van der Waals surface area contributed by atoms with Gasteiger partial charge < -0.3 is 9.80 Å². The monoisotopic (exact) mass is 392 g/mol. The minimum absolute atomic E-state index is 0.256. The summed E-state index contributed by atoms with van der Waals surface area (Å²) >= 11 is 0. The molecule has 146 valence electrons. The Morgan fingerprint density at radius 1 is 1.07 bits per heavy atom. The highest BCUT2D eigenvalue weighted by atomic mass is 19.4. The van der Waals surface area contributed by atoms with E-state index < -0.39 is 16.7 Å². The molecule has 0 radical (unpaired) electrons. The molecular formula is C17H15F3N6O2. The number of alkyl halides is 3. The SMILES string of the molecule is N#Cc1nc(N2CCCN(c3ccc(C(F)(F)F)cn3)CC2)ccc1[N+](=O)[O-]. The van der Waals surface area contributed by atoms with E-state index in [4.69, 9.17) is 5.26 Å². The first-order valence-electron chi connectivity index (χ1n) is 8.38. The zero-order chi connectivity index (χ0) is 20.3. The van der Waals surface area contributed by atoms with Gasteiger partial charge in [0.1, 0.15) is 17.7 Å². The van der Waals surface area contributed by atoms with Gasteiger partial charge in [-0.05, 0) is 24.6 Å². The topological polar surface area (TPSA) is 99.2 Å². The van der Waals surface area contributed by atoms with Crippen molar-refractivity contribution in [2.24, 2.45) is 0 Å². The van der Waals surface area contributed by atoms with Crippen LogP contribution in [0.2, 0.25) is 0 Å². The van der Waals surface area contributed by atoms with Crippen LogP contribution >= 0.6 is 0 Å². The molecule has 28 heavy (non-hydrogen) atoms. The molecule has 11 heteroatoms. The molecule has 0 saturated carbocycles. The molecule has 0 unspecified atom stereocenters. The van der Waals surface area contributed by atoms with E-state index in [1.54, 1.807) is 6.07 Å². The lowest BCUT2D eigenvalue weighted by Gasteiger charge is -2.23. The quantitative estimate of drug-likeness (QED) is 0.585. The molecular weight excluding hydrogens is 377 g/mol. The fraction of sp³-hybridized carbons (Fsp3) is 0.353. The Labute approximate surface area is 158 Å². The predicted octanol–water partition coefficient (Wildman–Crippen LogP) is 2.99. The van der Waals surface area contributed by atoms with Crippen LogP contribution in [0, 0.1) is 21.4 Å². The number of rotatable bonds is 3. The third-order valence-electron chi connectivity index (χ3n) is 4.38. The Morgan fingerprint density at radius 3 is 2.25 bits per heavy atom. The van der Waals surface area contributed by atoms with Gasteiger partial charge in [0.25, 0.3) is 0 Å². The van der Waals surface area contributed by atoms with E-state index in [1.165, 1.54) is 18.2 Å². The summed E-state index contributed by atoms with van der Waals surface area (Å²) in [5, 5.41) is 20.0. The second kappa shape index (κ2) is 7.67. The van der Waals surface area contributed by atoms with E-state index >= 15 is 0 Å². The van der Waals surface area contributed by atoms with E-state index in [1.807, 2.05) is 9.80 Å². The Hall–Kier alpha value is -3.42. The van der Waals surface area contributed by atoms with Crippen LogP contribution in [0.15, 0.2) is 30.5 Å². The lowest BCUT2D eigenvalue weighted by atomic mass is 10.2. The molecule has 1 fully saturated rings. The highest BCUT2D eigenvalue weighted by Crippen LogP contribution is 2.29. The number of hydrogen-bond acceptors (Lipinski definition) is 7. The first kappa shape index (κ1) is 19.3. The summed E-state index contributed by atoms with van der Waals surface area (Å²) in [6.07, 6.45) is -2.93.